The molecule has 4 bridgehead atoms. The molecule has 34 heavy (non-hydrogen) atoms. The number of hydrogen-bond donors (Lipinski definition) is 0. The van der Waals surface area contributed by atoms with Gasteiger partial charge in [0.05, 0.1) is 0 Å². The summed E-state index contributed by atoms with van der Waals surface area (Å²) < 4.78 is 0. The van der Waals surface area contributed by atoms with Crippen LogP contribution >= 0.6 is 0 Å². The first kappa shape index (κ1) is 19.1. The standard InChI is InChI=1S/C30H22O4/c1-5-13-23-19(9-1)27-20-10-2-6-14-24(20)29(23,33-31-27)17-18-30-25-15-7-3-11-21(25)28(32-34-30)22-12-4-8-16-26(22)30/h1-16,27-28H,17-18H2. The van der Waals surface area contributed by atoms with Gasteiger partial charge in [-0.15, -0.1) is 0 Å². The summed E-state index contributed by atoms with van der Waals surface area (Å²) in [5.41, 5.74) is 7.98. The van der Waals surface area contributed by atoms with Gasteiger partial charge in [-0.2, -0.15) is 0 Å². The average Bonchev–Trinajstić information content (AvgIpc) is 2.93. The third-order valence-electron chi connectivity index (χ3n) is 8.12. The molecule has 4 heterocycles. The molecule has 0 amide bonds. The Morgan fingerprint density at radius 1 is 0.441 bits per heavy atom. The summed E-state index contributed by atoms with van der Waals surface area (Å²) >= 11 is 0. The van der Waals surface area contributed by atoms with E-state index in [4.69, 9.17) is 19.6 Å². The average molecular weight is 447 g/mol. The van der Waals surface area contributed by atoms with Crippen LogP contribution in [0.4, 0.5) is 0 Å². The maximum absolute atomic E-state index is 6.29. The van der Waals surface area contributed by atoms with Crippen molar-refractivity contribution in [2.24, 2.45) is 0 Å². The van der Waals surface area contributed by atoms with Crippen molar-refractivity contribution < 1.29 is 19.6 Å². The Kier molecular flexibility index (Phi) is 3.73. The second-order valence-corrected chi connectivity index (χ2v) is 9.62. The molecule has 0 atom stereocenters. The van der Waals surface area contributed by atoms with Gasteiger partial charge in [0.2, 0.25) is 0 Å². The Morgan fingerprint density at radius 2 is 0.735 bits per heavy atom. The van der Waals surface area contributed by atoms with Gasteiger partial charge in [-0.25, -0.2) is 19.6 Å². The van der Waals surface area contributed by atoms with E-state index in [0.717, 1.165) is 0 Å². The molecule has 166 valence electrons. The highest BCUT2D eigenvalue weighted by Crippen LogP contribution is 2.59. The van der Waals surface area contributed by atoms with E-state index in [1.165, 1.54) is 44.5 Å². The van der Waals surface area contributed by atoms with Crippen molar-refractivity contribution in [3.63, 3.8) is 0 Å². The van der Waals surface area contributed by atoms with Crippen molar-refractivity contribution in [3.8, 4) is 0 Å². The van der Waals surface area contributed by atoms with Gasteiger partial charge in [-0.05, 0) is 57.3 Å². The molecule has 0 fully saturated rings. The molecule has 0 saturated carbocycles. The minimum atomic E-state index is -0.710. The van der Waals surface area contributed by atoms with Crippen molar-refractivity contribution >= 4 is 0 Å². The topological polar surface area (TPSA) is 36.9 Å². The van der Waals surface area contributed by atoms with Gasteiger partial charge in [0, 0.05) is 0 Å². The summed E-state index contributed by atoms with van der Waals surface area (Å²) in [7, 11) is 0. The predicted octanol–water partition coefficient (Wildman–Crippen LogP) is 6.38. The van der Waals surface area contributed by atoms with Crippen molar-refractivity contribution in [2.75, 3.05) is 0 Å². The van der Waals surface area contributed by atoms with Crippen molar-refractivity contribution in [1.29, 1.82) is 0 Å². The SMILES string of the molecule is c1ccc2c(c1)C1OOC2(CCC23OOC(c4ccccc42)c2ccccc23)c2ccccc21. The van der Waals surface area contributed by atoms with E-state index in [2.05, 4.69) is 97.1 Å². The minimum Gasteiger partial charge on any atom is -0.222 e. The van der Waals surface area contributed by atoms with Crippen LogP contribution in [0.25, 0.3) is 0 Å². The van der Waals surface area contributed by atoms with Crippen LogP contribution in [0.3, 0.4) is 0 Å². The van der Waals surface area contributed by atoms with Gasteiger partial charge in [0.25, 0.3) is 0 Å². The molecule has 10 rings (SSSR count). The summed E-state index contributed by atoms with van der Waals surface area (Å²) in [6, 6.07) is 34.0. The fraction of sp³-hybridized carbons (Fsp3) is 0.200. The Balaban J connectivity index is 1.31. The second kappa shape index (κ2) is 6.65. The highest BCUT2D eigenvalue weighted by atomic mass is 17.2. The second-order valence-electron chi connectivity index (χ2n) is 9.62. The summed E-state index contributed by atoms with van der Waals surface area (Å²) in [4.78, 5) is 24.6. The summed E-state index contributed by atoms with van der Waals surface area (Å²) in [6.45, 7) is 0. The number of rotatable bonds is 3. The van der Waals surface area contributed by atoms with E-state index < -0.39 is 11.2 Å². The van der Waals surface area contributed by atoms with E-state index >= 15 is 0 Å². The van der Waals surface area contributed by atoms with Crippen LogP contribution in [0.5, 0.6) is 0 Å². The van der Waals surface area contributed by atoms with E-state index in [-0.39, 0.29) is 12.2 Å². The van der Waals surface area contributed by atoms with Crippen LogP contribution in [0.2, 0.25) is 0 Å². The van der Waals surface area contributed by atoms with Crippen LogP contribution in [0.15, 0.2) is 97.1 Å². The normalized spacial score (nSPS) is 29.2. The van der Waals surface area contributed by atoms with Gasteiger partial charge >= 0.3 is 0 Å². The van der Waals surface area contributed by atoms with Crippen LogP contribution < -0.4 is 0 Å². The first-order valence-electron chi connectivity index (χ1n) is 11.9. The van der Waals surface area contributed by atoms with Crippen LogP contribution in [0, 0.1) is 0 Å². The molecule has 2 aliphatic carbocycles. The predicted molar refractivity (Wildman–Crippen MR) is 125 cm³/mol. The molecular formula is C30H22O4. The Morgan fingerprint density at radius 3 is 1.06 bits per heavy atom. The Bertz CT molecular complexity index is 1250. The fourth-order valence-corrected chi connectivity index (χ4v) is 6.62. The zero-order valence-corrected chi connectivity index (χ0v) is 18.4. The summed E-state index contributed by atoms with van der Waals surface area (Å²) in [5.74, 6) is 0. The molecule has 4 aromatic rings. The Hall–Kier alpha value is -3.28. The van der Waals surface area contributed by atoms with E-state index in [1.807, 2.05) is 0 Å². The van der Waals surface area contributed by atoms with E-state index in [0.29, 0.717) is 12.8 Å². The molecule has 6 aliphatic rings. The third-order valence-corrected chi connectivity index (χ3v) is 8.12. The molecule has 4 aliphatic heterocycles. The van der Waals surface area contributed by atoms with Crippen LogP contribution in [-0.4, -0.2) is 0 Å². The molecule has 4 nitrogen and oxygen atoms in total. The maximum Gasteiger partial charge on any atom is 0.154 e. The highest BCUT2D eigenvalue weighted by Gasteiger charge is 2.56. The summed E-state index contributed by atoms with van der Waals surface area (Å²) in [6.07, 6.45) is 0.951. The number of hydrogen-bond acceptors (Lipinski definition) is 4. The first-order chi connectivity index (χ1) is 16.8. The lowest BCUT2D eigenvalue weighted by Crippen LogP contribution is -2.48. The maximum atomic E-state index is 6.29. The molecular weight excluding hydrogens is 424 g/mol. The number of benzene rings is 4. The van der Waals surface area contributed by atoms with Gasteiger partial charge in [0.15, 0.2) is 11.2 Å². The lowest BCUT2D eigenvalue weighted by molar-refractivity contribution is -0.412. The molecule has 0 saturated heterocycles. The van der Waals surface area contributed by atoms with Gasteiger partial charge in [-0.3, -0.25) is 0 Å². The van der Waals surface area contributed by atoms with Crippen molar-refractivity contribution in [3.05, 3.63) is 142 Å². The lowest BCUT2D eigenvalue weighted by atomic mass is 9.66. The highest BCUT2D eigenvalue weighted by molar-refractivity contribution is 5.57. The molecule has 0 unspecified atom stereocenters. The largest absolute Gasteiger partial charge is 0.222 e. The van der Waals surface area contributed by atoms with Gasteiger partial charge < -0.3 is 0 Å². The molecule has 0 spiro atoms. The first-order valence-corrected chi connectivity index (χ1v) is 11.9. The minimum absolute atomic E-state index is 0.196. The molecule has 0 aromatic heterocycles. The van der Waals surface area contributed by atoms with Gasteiger partial charge in [0.1, 0.15) is 12.2 Å². The zero-order chi connectivity index (χ0) is 22.3. The van der Waals surface area contributed by atoms with Gasteiger partial charge in [-0.1, -0.05) is 97.1 Å². The zero-order valence-electron chi connectivity index (χ0n) is 18.4. The number of fused-ring (bicyclic) bond motifs is 2. The Labute approximate surface area is 197 Å². The molecule has 4 heteroatoms. The lowest BCUT2D eigenvalue weighted by Gasteiger charge is -2.51. The molecule has 0 radical (unpaired) electrons. The van der Waals surface area contributed by atoms with E-state index in [9.17, 15) is 0 Å². The van der Waals surface area contributed by atoms with E-state index in [1.54, 1.807) is 0 Å². The molecule has 4 aromatic carbocycles. The quantitative estimate of drug-likeness (QED) is 0.342. The monoisotopic (exact) mass is 446 g/mol. The van der Waals surface area contributed by atoms with Crippen molar-refractivity contribution in [1.82, 2.24) is 0 Å². The van der Waals surface area contributed by atoms with Crippen LogP contribution in [0.1, 0.15) is 69.6 Å². The molecule has 0 N–H and O–H groups in total. The third kappa shape index (κ3) is 2.22. The fourth-order valence-electron chi connectivity index (χ4n) is 6.62. The smallest absolute Gasteiger partial charge is 0.154 e. The van der Waals surface area contributed by atoms with Crippen LogP contribution in [-0.2, 0) is 30.8 Å². The van der Waals surface area contributed by atoms with Crippen molar-refractivity contribution in [2.45, 2.75) is 36.3 Å². The summed E-state index contributed by atoms with van der Waals surface area (Å²) in [5, 5.41) is 0.